The predicted molar refractivity (Wildman–Crippen MR) is 76.8 cm³/mol. The first-order chi connectivity index (χ1) is 8.80. The molecule has 0 saturated heterocycles. The van der Waals surface area contributed by atoms with Crippen LogP contribution in [0.15, 0.2) is 24.5 Å². The van der Waals surface area contributed by atoms with Crippen LogP contribution in [-0.2, 0) is 5.41 Å². The second-order valence-electron chi connectivity index (χ2n) is 5.68. The zero-order valence-electron chi connectivity index (χ0n) is 11.8. The molecule has 0 atom stereocenters. The summed E-state index contributed by atoms with van der Waals surface area (Å²) in [5, 5.41) is 3.74. The minimum Gasteiger partial charge on any atom is -0.313 e. The van der Waals surface area contributed by atoms with Crippen molar-refractivity contribution in [2.24, 2.45) is 0 Å². The average molecular weight is 246 g/mol. The molecule has 1 heterocycles. The molecule has 100 valence electrons. The highest BCUT2D eigenvalue weighted by atomic mass is 15.0. The Balaban J connectivity index is 2.16. The van der Waals surface area contributed by atoms with Crippen molar-refractivity contribution >= 4 is 0 Å². The maximum Gasteiger partial charge on any atom is 0.0306 e. The third-order valence-corrected chi connectivity index (χ3v) is 4.04. The molecule has 0 unspecified atom stereocenters. The van der Waals surface area contributed by atoms with Gasteiger partial charge in [-0.05, 0) is 37.3 Å². The molecule has 1 aromatic heterocycles. The van der Waals surface area contributed by atoms with Crippen LogP contribution in [0.1, 0.15) is 57.9 Å². The van der Waals surface area contributed by atoms with E-state index in [1.807, 2.05) is 6.20 Å². The zero-order valence-corrected chi connectivity index (χ0v) is 11.8. The number of nitrogens with zero attached hydrogens (tertiary/aromatic N) is 1. The summed E-state index contributed by atoms with van der Waals surface area (Å²) < 4.78 is 0. The van der Waals surface area contributed by atoms with Crippen LogP contribution < -0.4 is 5.32 Å². The molecule has 1 saturated carbocycles. The van der Waals surface area contributed by atoms with E-state index in [9.17, 15) is 0 Å². The molecule has 1 aromatic rings. The van der Waals surface area contributed by atoms with Gasteiger partial charge in [0, 0.05) is 30.4 Å². The molecule has 1 aliphatic carbocycles. The topological polar surface area (TPSA) is 24.9 Å². The molecular formula is C16H26N2. The molecule has 0 aliphatic heterocycles. The first-order valence-electron chi connectivity index (χ1n) is 7.44. The maximum atomic E-state index is 4.33. The lowest BCUT2D eigenvalue weighted by Gasteiger charge is -2.34. The summed E-state index contributed by atoms with van der Waals surface area (Å²) in [6.07, 6.45) is 11.7. The summed E-state index contributed by atoms with van der Waals surface area (Å²) in [5.74, 6) is 0. The maximum absolute atomic E-state index is 4.33. The Hall–Kier alpha value is -0.890. The van der Waals surface area contributed by atoms with Crippen molar-refractivity contribution in [3.8, 4) is 0 Å². The van der Waals surface area contributed by atoms with Gasteiger partial charge in [-0.15, -0.1) is 0 Å². The fourth-order valence-corrected chi connectivity index (χ4v) is 2.95. The van der Waals surface area contributed by atoms with E-state index in [0.717, 1.165) is 12.6 Å². The molecular weight excluding hydrogens is 220 g/mol. The smallest absolute Gasteiger partial charge is 0.0306 e. The Morgan fingerprint density at radius 2 is 2.00 bits per heavy atom. The molecule has 2 nitrogen and oxygen atoms in total. The fourth-order valence-electron chi connectivity index (χ4n) is 2.95. The average Bonchev–Trinajstić information content (AvgIpc) is 3.22. The Morgan fingerprint density at radius 3 is 2.50 bits per heavy atom. The minimum absolute atomic E-state index is 0.292. The monoisotopic (exact) mass is 246 g/mol. The Bertz CT molecular complexity index is 337. The SMILES string of the molecule is CCCC(CCC)(CNC1CC1)c1cccnc1. The van der Waals surface area contributed by atoms with E-state index < -0.39 is 0 Å². The molecule has 2 rings (SSSR count). The van der Waals surface area contributed by atoms with Gasteiger partial charge in [0.1, 0.15) is 0 Å². The first-order valence-corrected chi connectivity index (χ1v) is 7.44. The lowest BCUT2D eigenvalue weighted by Crippen LogP contribution is -2.39. The van der Waals surface area contributed by atoms with E-state index in [0.29, 0.717) is 5.41 Å². The second-order valence-corrected chi connectivity index (χ2v) is 5.68. The van der Waals surface area contributed by atoms with Crippen LogP contribution in [0.25, 0.3) is 0 Å². The summed E-state index contributed by atoms with van der Waals surface area (Å²) in [6.45, 7) is 5.70. The van der Waals surface area contributed by atoms with Crippen LogP contribution in [-0.4, -0.2) is 17.6 Å². The largest absolute Gasteiger partial charge is 0.313 e. The van der Waals surface area contributed by atoms with E-state index in [2.05, 4.69) is 42.5 Å². The summed E-state index contributed by atoms with van der Waals surface area (Å²) in [5.41, 5.74) is 1.71. The van der Waals surface area contributed by atoms with Crippen molar-refractivity contribution in [2.75, 3.05) is 6.54 Å². The Kier molecular flexibility index (Phi) is 4.76. The van der Waals surface area contributed by atoms with Gasteiger partial charge in [-0.1, -0.05) is 32.8 Å². The highest BCUT2D eigenvalue weighted by Crippen LogP contribution is 2.34. The van der Waals surface area contributed by atoms with E-state index in [1.165, 1.54) is 44.1 Å². The third-order valence-electron chi connectivity index (χ3n) is 4.04. The summed E-state index contributed by atoms with van der Waals surface area (Å²) >= 11 is 0. The van der Waals surface area contributed by atoms with Gasteiger partial charge in [0.05, 0.1) is 0 Å². The van der Waals surface area contributed by atoms with Gasteiger partial charge in [-0.3, -0.25) is 4.98 Å². The van der Waals surface area contributed by atoms with E-state index in [-0.39, 0.29) is 0 Å². The van der Waals surface area contributed by atoms with Crippen molar-refractivity contribution in [3.63, 3.8) is 0 Å². The van der Waals surface area contributed by atoms with Crippen molar-refractivity contribution in [2.45, 2.75) is 63.8 Å². The minimum atomic E-state index is 0.292. The highest BCUT2D eigenvalue weighted by Gasteiger charge is 2.33. The third kappa shape index (κ3) is 3.32. The van der Waals surface area contributed by atoms with Gasteiger partial charge in [0.25, 0.3) is 0 Å². The molecule has 0 bridgehead atoms. The van der Waals surface area contributed by atoms with E-state index in [4.69, 9.17) is 0 Å². The number of nitrogens with one attached hydrogen (secondary N) is 1. The summed E-state index contributed by atoms with van der Waals surface area (Å²) in [4.78, 5) is 4.33. The molecule has 0 aromatic carbocycles. The van der Waals surface area contributed by atoms with E-state index in [1.54, 1.807) is 0 Å². The zero-order chi connectivity index (χ0) is 12.8. The number of hydrogen-bond donors (Lipinski definition) is 1. The molecule has 0 spiro atoms. The summed E-state index contributed by atoms with van der Waals surface area (Å²) in [6, 6.07) is 5.12. The molecule has 18 heavy (non-hydrogen) atoms. The van der Waals surface area contributed by atoms with Crippen molar-refractivity contribution in [1.82, 2.24) is 10.3 Å². The van der Waals surface area contributed by atoms with Crippen molar-refractivity contribution < 1.29 is 0 Å². The van der Waals surface area contributed by atoms with Gasteiger partial charge in [0.15, 0.2) is 0 Å². The molecule has 0 amide bonds. The van der Waals surface area contributed by atoms with Crippen LogP contribution in [0, 0.1) is 0 Å². The highest BCUT2D eigenvalue weighted by molar-refractivity contribution is 5.23. The first kappa shape index (κ1) is 13.5. The normalized spacial score (nSPS) is 15.9. The van der Waals surface area contributed by atoms with Gasteiger partial charge in [-0.2, -0.15) is 0 Å². The molecule has 1 N–H and O–H groups in total. The van der Waals surface area contributed by atoms with Crippen LogP contribution in [0.3, 0.4) is 0 Å². The van der Waals surface area contributed by atoms with Gasteiger partial charge in [0.2, 0.25) is 0 Å². The van der Waals surface area contributed by atoms with Crippen LogP contribution in [0.2, 0.25) is 0 Å². The van der Waals surface area contributed by atoms with E-state index >= 15 is 0 Å². The predicted octanol–water partition coefficient (Wildman–Crippen LogP) is 3.67. The Labute approximate surface area is 111 Å². The molecule has 2 heteroatoms. The van der Waals surface area contributed by atoms with Gasteiger partial charge in [-0.25, -0.2) is 0 Å². The van der Waals surface area contributed by atoms with Crippen molar-refractivity contribution in [1.29, 1.82) is 0 Å². The lowest BCUT2D eigenvalue weighted by atomic mass is 9.74. The molecule has 0 radical (unpaired) electrons. The number of pyridine rings is 1. The number of rotatable bonds is 8. The number of aromatic nitrogens is 1. The van der Waals surface area contributed by atoms with Gasteiger partial charge < -0.3 is 5.32 Å². The van der Waals surface area contributed by atoms with Crippen LogP contribution in [0.5, 0.6) is 0 Å². The molecule has 1 fully saturated rings. The standard InChI is InChI=1S/C16H26N2/c1-3-9-16(10-4-2,13-18-15-7-8-15)14-6-5-11-17-12-14/h5-6,11-12,15,18H,3-4,7-10,13H2,1-2H3. The fraction of sp³-hybridized carbons (Fsp3) is 0.688. The lowest BCUT2D eigenvalue weighted by molar-refractivity contribution is 0.333. The summed E-state index contributed by atoms with van der Waals surface area (Å²) in [7, 11) is 0. The van der Waals surface area contributed by atoms with Gasteiger partial charge >= 0.3 is 0 Å². The quantitative estimate of drug-likeness (QED) is 0.757. The number of hydrogen-bond acceptors (Lipinski definition) is 2. The Morgan fingerprint density at radius 1 is 1.28 bits per heavy atom. The second kappa shape index (κ2) is 6.33. The van der Waals surface area contributed by atoms with Crippen LogP contribution >= 0.6 is 0 Å². The molecule has 1 aliphatic rings. The van der Waals surface area contributed by atoms with Crippen molar-refractivity contribution in [3.05, 3.63) is 30.1 Å². The van der Waals surface area contributed by atoms with Crippen LogP contribution in [0.4, 0.5) is 0 Å².